The van der Waals surface area contributed by atoms with Crippen molar-refractivity contribution < 1.29 is 0 Å². The average Bonchev–Trinajstić information content (AvgIpc) is 2.55. The fourth-order valence-electron chi connectivity index (χ4n) is 2.19. The lowest BCUT2D eigenvalue weighted by molar-refractivity contribution is 1.04. The molecule has 0 amide bonds. The van der Waals surface area contributed by atoms with Gasteiger partial charge in [0.15, 0.2) is 0 Å². The number of aryl methyl sites for hydroxylation is 1. The molecule has 0 saturated carbocycles. The van der Waals surface area contributed by atoms with Gasteiger partial charge in [-0.25, -0.2) is 10.4 Å². The fourth-order valence-corrected chi connectivity index (χ4v) is 2.19. The van der Waals surface area contributed by atoms with E-state index in [2.05, 4.69) is 32.6 Å². The molecule has 1 aromatic heterocycles. The minimum absolute atomic E-state index is 0.206. The van der Waals surface area contributed by atoms with Gasteiger partial charge in [-0.15, -0.1) is 0 Å². The molecule has 0 unspecified atom stereocenters. The molecule has 0 atom stereocenters. The second-order valence-electron chi connectivity index (χ2n) is 5.09. The maximum absolute atomic E-state index is 11.3. The maximum Gasteiger partial charge on any atom is 0.252 e. The Balaban J connectivity index is 1.69. The van der Waals surface area contributed by atoms with Crippen molar-refractivity contribution >= 4 is 12.2 Å². The van der Waals surface area contributed by atoms with Crippen LogP contribution in [0.3, 0.4) is 0 Å². The van der Waals surface area contributed by atoms with E-state index in [0.717, 1.165) is 11.1 Å². The fraction of sp³-hybridized carbons (Fsp3) is 0.0556. The zero-order valence-corrected chi connectivity index (χ0v) is 12.7. The number of aromatic amines is 1. The van der Waals surface area contributed by atoms with Crippen LogP contribution in [0.25, 0.3) is 11.1 Å². The summed E-state index contributed by atoms with van der Waals surface area (Å²) in [7, 11) is 0. The first-order chi connectivity index (χ1) is 11.2. The standard InChI is InChI=1S/C18H16N4O/c1-13-11-17(23)21-18(20-13)22-19-12-14-7-9-16(10-8-14)15-5-3-2-4-6-15/h2-12H,1H3,(H2,20,21,22,23)/b19-12+. The minimum atomic E-state index is -0.206. The first-order valence-electron chi connectivity index (χ1n) is 7.23. The summed E-state index contributed by atoms with van der Waals surface area (Å²) in [4.78, 5) is 18.0. The molecule has 1 heterocycles. The van der Waals surface area contributed by atoms with Crippen LogP contribution in [0.5, 0.6) is 0 Å². The van der Waals surface area contributed by atoms with Gasteiger partial charge in [0.2, 0.25) is 5.95 Å². The third kappa shape index (κ3) is 3.91. The molecule has 0 aliphatic rings. The molecule has 2 N–H and O–H groups in total. The van der Waals surface area contributed by atoms with E-state index in [9.17, 15) is 4.79 Å². The number of hydrogen-bond donors (Lipinski definition) is 2. The number of hydrazone groups is 1. The van der Waals surface area contributed by atoms with Crippen LogP contribution in [-0.2, 0) is 0 Å². The van der Waals surface area contributed by atoms with Crippen molar-refractivity contribution in [2.24, 2.45) is 5.10 Å². The smallest absolute Gasteiger partial charge is 0.252 e. The van der Waals surface area contributed by atoms with Crippen LogP contribution in [0.15, 0.2) is 70.6 Å². The first-order valence-corrected chi connectivity index (χ1v) is 7.23. The number of H-pyrrole nitrogens is 1. The second kappa shape index (κ2) is 6.70. The lowest BCUT2D eigenvalue weighted by atomic mass is 10.0. The van der Waals surface area contributed by atoms with Gasteiger partial charge in [-0.3, -0.25) is 9.78 Å². The first kappa shape index (κ1) is 14.7. The van der Waals surface area contributed by atoms with Crippen LogP contribution >= 0.6 is 0 Å². The number of nitrogens with zero attached hydrogens (tertiary/aromatic N) is 2. The number of benzene rings is 2. The molecule has 0 radical (unpaired) electrons. The topological polar surface area (TPSA) is 70.1 Å². The Bertz CT molecular complexity index is 868. The number of aromatic nitrogens is 2. The molecule has 0 bridgehead atoms. The molecule has 0 aliphatic carbocycles. The van der Waals surface area contributed by atoms with Gasteiger partial charge in [-0.1, -0.05) is 54.6 Å². The molecule has 0 spiro atoms. The van der Waals surface area contributed by atoms with Gasteiger partial charge < -0.3 is 0 Å². The average molecular weight is 304 g/mol. The molecular formula is C18H16N4O. The highest BCUT2D eigenvalue weighted by atomic mass is 16.1. The summed E-state index contributed by atoms with van der Waals surface area (Å²) < 4.78 is 0. The molecule has 23 heavy (non-hydrogen) atoms. The van der Waals surface area contributed by atoms with Crippen LogP contribution in [0.1, 0.15) is 11.3 Å². The van der Waals surface area contributed by atoms with Gasteiger partial charge in [-0.2, -0.15) is 5.10 Å². The van der Waals surface area contributed by atoms with Crippen LogP contribution < -0.4 is 11.0 Å². The predicted molar refractivity (Wildman–Crippen MR) is 92.7 cm³/mol. The molecule has 2 aromatic carbocycles. The summed E-state index contributed by atoms with van der Waals surface area (Å²) in [5.41, 5.74) is 6.44. The van der Waals surface area contributed by atoms with Crippen molar-refractivity contribution in [1.29, 1.82) is 0 Å². The summed E-state index contributed by atoms with van der Waals surface area (Å²) in [6.45, 7) is 1.76. The normalized spacial score (nSPS) is 10.8. The molecule has 5 nitrogen and oxygen atoms in total. The molecule has 3 aromatic rings. The van der Waals surface area contributed by atoms with E-state index < -0.39 is 0 Å². The van der Waals surface area contributed by atoms with Gasteiger partial charge in [0.1, 0.15) is 0 Å². The number of hydrogen-bond acceptors (Lipinski definition) is 4. The Kier molecular flexibility index (Phi) is 4.29. The van der Waals surface area contributed by atoms with Crippen LogP contribution in [0, 0.1) is 6.92 Å². The van der Waals surface area contributed by atoms with E-state index in [1.54, 1.807) is 13.1 Å². The van der Waals surface area contributed by atoms with Gasteiger partial charge >= 0.3 is 0 Å². The molecule has 0 fully saturated rings. The molecule has 0 saturated heterocycles. The van der Waals surface area contributed by atoms with Crippen LogP contribution in [0.4, 0.5) is 5.95 Å². The van der Waals surface area contributed by atoms with E-state index in [4.69, 9.17) is 0 Å². The van der Waals surface area contributed by atoms with Crippen LogP contribution in [-0.4, -0.2) is 16.2 Å². The van der Waals surface area contributed by atoms with E-state index >= 15 is 0 Å². The molecular weight excluding hydrogens is 288 g/mol. The van der Waals surface area contributed by atoms with E-state index in [0.29, 0.717) is 11.6 Å². The van der Waals surface area contributed by atoms with Crippen molar-refractivity contribution in [3.05, 3.63) is 82.3 Å². The zero-order valence-electron chi connectivity index (χ0n) is 12.7. The molecule has 0 aliphatic heterocycles. The highest BCUT2D eigenvalue weighted by molar-refractivity contribution is 5.81. The van der Waals surface area contributed by atoms with Gasteiger partial charge in [0, 0.05) is 11.8 Å². The summed E-state index contributed by atoms with van der Waals surface area (Å²) in [5.74, 6) is 0.326. The second-order valence-corrected chi connectivity index (χ2v) is 5.09. The Morgan fingerprint density at radius 1 is 1.04 bits per heavy atom. The lowest BCUT2D eigenvalue weighted by Crippen LogP contribution is -2.10. The van der Waals surface area contributed by atoms with Gasteiger partial charge in [0.05, 0.1) is 6.21 Å². The molecule has 5 heteroatoms. The van der Waals surface area contributed by atoms with Crippen molar-refractivity contribution in [2.75, 3.05) is 5.43 Å². The number of anilines is 1. The SMILES string of the molecule is Cc1cc(=O)[nH]c(N/N=C/c2ccc(-c3ccccc3)cc2)n1. The summed E-state index contributed by atoms with van der Waals surface area (Å²) in [6.07, 6.45) is 1.68. The minimum Gasteiger partial charge on any atom is -0.291 e. The summed E-state index contributed by atoms with van der Waals surface area (Å²) in [6, 6.07) is 19.7. The monoisotopic (exact) mass is 304 g/mol. The van der Waals surface area contributed by atoms with Gasteiger partial charge in [0.25, 0.3) is 5.56 Å². The summed E-state index contributed by atoms with van der Waals surface area (Å²) >= 11 is 0. The van der Waals surface area contributed by atoms with E-state index in [-0.39, 0.29) is 5.56 Å². The third-order valence-electron chi connectivity index (χ3n) is 3.27. The Hall–Kier alpha value is -3.21. The van der Waals surface area contributed by atoms with E-state index in [1.807, 2.05) is 42.5 Å². The van der Waals surface area contributed by atoms with Crippen molar-refractivity contribution in [3.63, 3.8) is 0 Å². The van der Waals surface area contributed by atoms with Crippen molar-refractivity contribution in [3.8, 4) is 11.1 Å². The summed E-state index contributed by atoms with van der Waals surface area (Å²) in [5, 5.41) is 4.09. The highest BCUT2D eigenvalue weighted by Crippen LogP contribution is 2.18. The number of rotatable bonds is 4. The van der Waals surface area contributed by atoms with Crippen molar-refractivity contribution in [1.82, 2.24) is 9.97 Å². The van der Waals surface area contributed by atoms with Crippen LogP contribution in [0.2, 0.25) is 0 Å². The highest BCUT2D eigenvalue weighted by Gasteiger charge is 1.97. The maximum atomic E-state index is 11.3. The Morgan fingerprint density at radius 2 is 1.74 bits per heavy atom. The Labute approximate surface area is 133 Å². The van der Waals surface area contributed by atoms with Crippen molar-refractivity contribution in [2.45, 2.75) is 6.92 Å². The molecule has 3 rings (SSSR count). The number of nitrogens with one attached hydrogen (secondary N) is 2. The Morgan fingerprint density at radius 3 is 2.43 bits per heavy atom. The lowest BCUT2D eigenvalue weighted by Gasteiger charge is -2.02. The molecule has 114 valence electrons. The third-order valence-corrected chi connectivity index (χ3v) is 3.27. The predicted octanol–water partition coefficient (Wildman–Crippen LogP) is 3.19. The van der Waals surface area contributed by atoms with Gasteiger partial charge in [-0.05, 0) is 23.6 Å². The largest absolute Gasteiger partial charge is 0.291 e. The van der Waals surface area contributed by atoms with E-state index in [1.165, 1.54) is 11.6 Å². The quantitative estimate of drug-likeness (QED) is 0.574. The zero-order chi connectivity index (χ0) is 16.1.